The fourth-order valence-electron chi connectivity index (χ4n) is 1.94. The number of hydrogen-bond acceptors (Lipinski definition) is 4. The van der Waals surface area contributed by atoms with Crippen molar-refractivity contribution in [2.75, 3.05) is 0 Å². The van der Waals surface area contributed by atoms with Gasteiger partial charge in [0.1, 0.15) is 11.3 Å². The van der Waals surface area contributed by atoms with E-state index in [0.717, 1.165) is 5.39 Å². The third-order valence-corrected chi connectivity index (χ3v) is 3.24. The van der Waals surface area contributed by atoms with Crippen LogP contribution in [-0.4, -0.2) is 17.2 Å². The van der Waals surface area contributed by atoms with Gasteiger partial charge in [-0.1, -0.05) is 29.8 Å². The summed E-state index contributed by atoms with van der Waals surface area (Å²) in [7, 11) is 0. The molecule has 110 valence electrons. The number of furan rings is 1. The highest BCUT2D eigenvalue weighted by Crippen LogP contribution is 2.20. The second-order valence-electron chi connectivity index (χ2n) is 4.55. The Labute approximate surface area is 130 Å². The maximum Gasteiger partial charge on any atom is 0.307 e. The van der Waals surface area contributed by atoms with Crippen molar-refractivity contribution in [1.82, 2.24) is 5.43 Å². The number of halogens is 1. The topological polar surface area (TPSA) is 74.8 Å². The third-order valence-electron chi connectivity index (χ3n) is 3.01. The SMILES string of the molecule is O=C(N/N=C/c1cc(Cl)ccc1O)c1cc2ccccc2o1. The average molecular weight is 315 g/mol. The van der Waals surface area contributed by atoms with Crippen molar-refractivity contribution >= 4 is 34.7 Å². The van der Waals surface area contributed by atoms with E-state index in [1.165, 1.54) is 18.3 Å². The van der Waals surface area contributed by atoms with Gasteiger partial charge in [-0.3, -0.25) is 4.79 Å². The molecular formula is C16H11ClN2O3. The molecule has 0 bridgehead atoms. The van der Waals surface area contributed by atoms with Gasteiger partial charge in [-0.25, -0.2) is 5.43 Å². The number of rotatable bonds is 3. The van der Waals surface area contributed by atoms with Crippen molar-refractivity contribution in [3.8, 4) is 5.75 Å². The molecule has 0 aliphatic heterocycles. The molecule has 0 unspecified atom stereocenters. The van der Waals surface area contributed by atoms with Crippen LogP contribution in [0.4, 0.5) is 0 Å². The fraction of sp³-hybridized carbons (Fsp3) is 0. The molecule has 0 atom stereocenters. The Kier molecular flexibility index (Phi) is 3.80. The number of amides is 1. The van der Waals surface area contributed by atoms with Crippen LogP contribution >= 0.6 is 11.6 Å². The third kappa shape index (κ3) is 2.94. The normalized spacial score (nSPS) is 11.1. The lowest BCUT2D eigenvalue weighted by molar-refractivity contribution is 0.0929. The number of aromatic hydroxyl groups is 1. The van der Waals surface area contributed by atoms with Gasteiger partial charge in [-0.2, -0.15) is 5.10 Å². The first kappa shape index (κ1) is 14.2. The molecule has 0 spiro atoms. The van der Waals surface area contributed by atoms with Crippen LogP contribution in [0.3, 0.4) is 0 Å². The Hall–Kier alpha value is -2.79. The monoisotopic (exact) mass is 314 g/mol. The van der Waals surface area contributed by atoms with E-state index in [2.05, 4.69) is 10.5 Å². The first-order valence-electron chi connectivity index (χ1n) is 6.44. The zero-order valence-electron chi connectivity index (χ0n) is 11.3. The number of fused-ring (bicyclic) bond motifs is 1. The predicted octanol–water partition coefficient (Wildman–Crippen LogP) is 3.56. The van der Waals surface area contributed by atoms with E-state index in [0.29, 0.717) is 16.2 Å². The summed E-state index contributed by atoms with van der Waals surface area (Å²) in [5.74, 6) is -0.297. The Bertz CT molecular complexity index is 838. The number of phenols is 1. The lowest BCUT2D eigenvalue weighted by Crippen LogP contribution is -2.16. The molecule has 0 saturated carbocycles. The Balaban J connectivity index is 1.74. The number of nitrogens with one attached hydrogen (secondary N) is 1. The van der Waals surface area contributed by atoms with E-state index in [-0.39, 0.29) is 11.5 Å². The molecule has 1 aromatic heterocycles. The predicted molar refractivity (Wildman–Crippen MR) is 84.4 cm³/mol. The summed E-state index contributed by atoms with van der Waals surface area (Å²) in [4.78, 5) is 11.9. The molecule has 0 fully saturated rings. The zero-order valence-corrected chi connectivity index (χ0v) is 12.0. The fourth-order valence-corrected chi connectivity index (χ4v) is 2.12. The molecule has 0 aliphatic rings. The van der Waals surface area contributed by atoms with Gasteiger partial charge in [0.25, 0.3) is 0 Å². The molecule has 5 nitrogen and oxygen atoms in total. The van der Waals surface area contributed by atoms with E-state index in [9.17, 15) is 9.90 Å². The molecule has 22 heavy (non-hydrogen) atoms. The smallest absolute Gasteiger partial charge is 0.307 e. The molecule has 1 amide bonds. The standard InChI is InChI=1S/C16H11ClN2O3/c17-12-5-6-13(20)11(7-12)9-18-19-16(21)15-8-10-3-1-2-4-14(10)22-15/h1-9,20H,(H,19,21)/b18-9+. The van der Waals surface area contributed by atoms with Crippen molar-refractivity contribution in [3.63, 3.8) is 0 Å². The summed E-state index contributed by atoms with van der Waals surface area (Å²) in [6.45, 7) is 0. The van der Waals surface area contributed by atoms with Gasteiger partial charge in [0, 0.05) is 16.0 Å². The number of para-hydroxylation sites is 1. The zero-order chi connectivity index (χ0) is 15.5. The first-order valence-corrected chi connectivity index (χ1v) is 6.82. The second kappa shape index (κ2) is 5.91. The van der Waals surface area contributed by atoms with Crippen molar-refractivity contribution in [1.29, 1.82) is 0 Å². The van der Waals surface area contributed by atoms with E-state index < -0.39 is 5.91 Å². The van der Waals surface area contributed by atoms with Crippen molar-refractivity contribution < 1.29 is 14.3 Å². The van der Waals surface area contributed by atoms with E-state index in [1.54, 1.807) is 18.2 Å². The number of carbonyl (C=O) groups is 1. The van der Waals surface area contributed by atoms with Crippen LogP contribution in [0.15, 0.2) is 58.0 Å². The number of nitrogens with zero attached hydrogens (tertiary/aromatic N) is 1. The average Bonchev–Trinajstić information content (AvgIpc) is 2.94. The van der Waals surface area contributed by atoms with Crippen LogP contribution in [0, 0.1) is 0 Å². The lowest BCUT2D eigenvalue weighted by atomic mass is 10.2. The van der Waals surface area contributed by atoms with Crippen LogP contribution in [0.1, 0.15) is 16.1 Å². The highest BCUT2D eigenvalue weighted by molar-refractivity contribution is 6.30. The maximum absolute atomic E-state index is 11.9. The van der Waals surface area contributed by atoms with Crippen LogP contribution in [0.25, 0.3) is 11.0 Å². The molecule has 3 aromatic rings. The largest absolute Gasteiger partial charge is 0.507 e. The number of phenolic OH excluding ortho intramolecular Hbond substituents is 1. The minimum atomic E-state index is -0.478. The summed E-state index contributed by atoms with van der Waals surface area (Å²) < 4.78 is 5.42. The summed E-state index contributed by atoms with van der Waals surface area (Å²) in [5, 5.41) is 14.7. The number of benzene rings is 2. The van der Waals surface area contributed by atoms with Crippen LogP contribution in [0.2, 0.25) is 5.02 Å². The van der Waals surface area contributed by atoms with Crippen LogP contribution in [0.5, 0.6) is 5.75 Å². The van der Waals surface area contributed by atoms with Gasteiger partial charge in [0.05, 0.1) is 6.21 Å². The minimum absolute atomic E-state index is 0.0196. The van der Waals surface area contributed by atoms with Gasteiger partial charge < -0.3 is 9.52 Å². The minimum Gasteiger partial charge on any atom is -0.507 e. The number of hydrogen-bond donors (Lipinski definition) is 2. The van der Waals surface area contributed by atoms with Crippen molar-refractivity contribution in [3.05, 3.63) is 64.9 Å². The van der Waals surface area contributed by atoms with Crippen molar-refractivity contribution in [2.45, 2.75) is 0 Å². The summed E-state index contributed by atoms with van der Waals surface area (Å²) in [6, 6.07) is 13.5. The molecule has 1 heterocycles. The van der Waals surface area contributed by atoms with Crippen LogP contribution in [-0.2, 0) is 0 Å². The lowest BCUT2D eigenvalue weighted by Gasteiger charge is -1.99. The molecule has 0 radical (unpaired) electrons. The second-order valence-corrected chi connectivity index (χ2v) is 4.99. The molecule has 3 rings (SSSR count). The quantitative estimate of drug-likeness (QED) is 0.573. The van der Waals surface area contributed by atoms with E-state index >= 15 is 0 Å². The van der Waals surface area contributed by atoms with Gasteiger partial charge in [-0.05, 0) is 30.3 Å². The van der Waals surface area contributed by atoms with Gasteiger partial charge >= 0.3 is 5.91 Å². The summed E-state index contributed by atoms with van der Waals surface area (Å²) >= 11 is 5.82. The van der Waals surface area contributed by atoms with E-state index in [1.807, 2.05) is 18.2 Å². The van der Waals surface area contributed by atoms with Crippen LogP contribution < -0.4 is 5.43 Å². The molecule has 0 saturated heterocycles. The molecule has 2 N–H and O–H groups in total. The highest BCUT2D eigenvalue weighted by Gasteiger charge is 2.11. The van der Waals surface area contributed by atoms with Gasteiger partial charge in [-0.15, -0.1) is 0 Å². The first-order chi connectivity index (χ1) is 10.6. The molecular weight excluding hydrogens is 304 g/mol. The molecule has 0 aliphatic carbocycles. The maximum atomic E-state index is 11.9. The number of hydrazone groups is 1. The van der Waals surface area contributed by atoms with Crippen molar-refractivity contribution in [2.24, 2.45) is 5.10 Å². The summed E-state index contributed by atoms with van der Waals surface area (Å²) in [5.41, 5.74) is 3.37. The molecule has 6 heteroatoms. The highest BCUT2D eigenvalue weighted by atomic mass is 35.5. The Morgan fingerprint density at radius 1 is 1.23 bits per heavy atom. The molecule has 2 aromatic carbocycles. The van der Waals surface area contributed by atoms with Gasteiger partial charge in [0.15, 0.2) is 5.76 Å². The summed E-state index contributed by atoms with van der Waals surface area (Å²) in [6.07, 6.45) is 1.31. The number of carbonyl (C=O) groups excluding carboxylic acids is 1. The van der Waals surface area contributed by atoms with Gasteiger partial charge in [0.2, 0.25) is 0 Å². The van der Waals surface area contributed by atoms with E-state index in [4.69, 9.17) is 16.0 Å². The Morgan fingerprint density at radius 3 is 2.86 bits per heavy atom. The Morgan fingerprint density at radius 2 is 2.05 bits per heavy atom.